The maximum absolute atomic E-state index is 13.4. The number of benzene rings is 3. The fourth-order valence-electron chi connectivity index (χ4n) is 4.16. The van der Waals surface area contributed by atoms with Gasteiger partial charge in [-0.05, 0) is 67.4 Å². The van der Waals surface area contributed by atoms with Gasteiger partial charge in [-0.15, -0.1) is 0 Å². The zero-order chi connectivity index (χ0) is 28.5. The zero-order valence-electron chi connectivity index (χ0n) is 23.0. The van der Waals surface area contributed by atoms with E-state index in [2.05, 4.69) is 5.32 Å². The number of hydrogen-bond acceptors (Lipinski definition) is 8. The van der Waals surface area contributed by atoms with Crippen molar-refractivity contribution in [2.75, 3.05) is 39.8 Å². The summed E-state index contributed by atoms with van der Waals surface area (Å²) >= 11 is 1.27. The Labute approximate surface area is 238 Å². The molecule has 1 N–H and O–H groups in total. The van der Waals surface area contributed by atoms with Crippen molar-refractivity contribution in [1.29, 1.82) is 0 Å². The lowest BCUT2D eigenvalue weighted by Crippen LogP contribution is -2.46. The molecule has 0 saturated carbocycles. The summed E-state index contributed by atoms with van der Waals surface area (Å²) in [5.41, 5.74) is 2.24. The molecule has 1 atom stereocenters. The highest BCUT2D eigenvalue weighted by Crippen LogP contribution is 2.32. The van der Waals surface area contributed by atoms with E-state index in [9.17, 15) is 9.59 Å². The van der Waals surface area contributed by atoms with Crippen molar-refractivity contribution >= 4 is 40.1 Å². The van der Waals surface area contributed by atoms with Crippen LogP contribution in [0.4, 0.5) is 11.4 Å². The molecule has 0 bridgehead atoms. The number of amidine groups is 1. The molecule has 1 saturated heterocycles. The fourth-order valence-corrected chi connectivity index (χ4v) is 5.28. The molecule has 0 spiro atoms. The number of anilines is 1. The smallest absolute Gasteiger partial charge is 0.238 e. The summed E-state index contributed by atoms with van der Waals surface area (Å²) < 4.78 is 21.5. The van der Waals surface area contributed by atoms with Gasteiger partial charge in [-0.25, -0.2) is 4.99 Å². The van der Waals surface area contributed by atoms with Crippen molar-refractivity contribution in [2.24, 2.45) is 4.99 Å². The number of thioether (sulfide) groups is 1. The third-order valence-electron chi connectivity index (χ3n) is 6.21. The Kier molecular flexibility index (Phi) is 9.91. The molecule has 40 heavy (non-hydrogen) atoms. The van der Waals surface area contributed by atoms with E-state index >= 15 is 0 Å². The summed E-state index contributed by atoms with van der Waals surface area (Å²) in [5.74, 6) is 2.18. The minimum absolute atomic E-state index is 0.0508. The third kappa shape index (κ3) is 7.26. The van der Waals surface area contributed by atoms with Crippen LogP contribution >= 0.6 is 11.8 Å². The van der Waals surface area contributed by atoms with Gasteiger partial charge in [0.05, 0.1) is 33.6 Å². The number of nitrogens with zero attached hydrogens (tertiary/aromatic N) is 2. The normalized spacial score (nSPS) is 16.0. The highest BCUT2D eigenvalue weighted by atomic mass is 32.2. The number of aliphatic imine (C=N–C) groups is 1. The van der Waals surface area contributed by atoms with E-state index in [1.165, 1.54) is 11.8 Å². The second-order valence-corrected chi connectivity index (χ2v) is 10.0. The fraction of sp³-hybridized carbons (Fsp3) is 0.300. The van der Waals surface area contributed by atoms with Crippen LogP contribution < -0.4 is 24.3 Å². The van der Waals surface area contributed by atoms with Crippen LogP contribution in [-0.4, -0.2) is 61.6 Å². The molecule has 1 fully saturated rings. The van der Waals surface area contributed by atoms with Crippen molar-refractivity contribution in [3.8, 4) is 23.0 Å². The highest BCUT2D eigenvalue weighted by Gasteiger charge is 2.36. The monoisotopic (exact) mass is 563 g/mol. The van der Waals surface area contributed by atoms with Gasteiger partial charge in [-0.3, -0.25) is 14.5 Å². The molecule has 3 aromatic carbocycles. The first-order valence-electron chi connectivity index (χ1n) is 12.9. The lowest BCUT2D eigenvalue weighted by Gasteiger charge is -2.32. The first-order valence-corrected chi connectivity index (χ1v) is 13.8. The summed E-state index contributed by atoms with van der Waals surface area (Å²) in [4.78, 5) is 33.1. The lowest BCUT2D eigenvalue weighted by atomic mass is 10.1. The minimum Gasteiger partial charge on any atom is -0.497 e. The maximum Gasteiger partial charge on any atom is 0.238 e. The molecule has 0 aliphatic carbocycles. The van der Waals surface area contributed by atoms with Crippen molar-refractivity contribution in [2.45, 2.75) is 25.0 Å². The first-order chi connectivity index (χ1) is 19.4. The van der Waals surface area contributed by atoms with Crippen LogP contribution in [0, 0.1) is 0 Å². The van der Waals surface area contributed by atoms with Crippen molar-refractivity contribution in [3.05, 3.63) is 72.3 Å². The summed E-state index contributed by atoms with van der Waals surface area (Å²) in [6.45, 7) is 2.81. The van der Waals surface area contributed by atoms with Gasteiger partial charge in [0.25, 0.3) is 0 Å². The molecule has 1 aliphatic rings. The van der Waals surface area contributed by atoms with Gasteiger partial charge in [0.1, 0.15) is 16.7 Å². The number of nitrogens with one attached hydrogen (secondary N) is 1. The summed E-state index contributed by atoms with van der Waals surface area (Å²) in [7, 11) is 4.77. The number of hydrogen-bond donors (Lipinski definition) is 1. The van der Waals surface area contributed by atoms with E-state index in [0.717, 1.165) is 5.56 Å². The Morgan fingerprint density at radius 2 is 1.75 bits per heavy atom. The van der Waals surface area contributed by atoms with E-state index in [4.69, 9.17) is 23.9 Å². The summed E-state index contributed by atoms with van der Waals surface area (Å²) in [6, 6.07) is 20.1. The molecule has 1 heterocycles. The number of amides is 2. The largest absolute Gasteiger partial charge is 0.497 e. The van der Waals surface area contributed by atoms with Crippen LogP contribution in [0.25, 0.3) is 0 Å². The maximum atomic E-state index is 13.4. The van der Waals surface area contributed by atoms with Crippen LogP contribution in [0.2, 0.25) is 0 Å². The van der Waals surface area contributed by atoms with Gasteiger partial charge in [0.2, 0.25) is 11.8 Å². The predicted octanol–water partition coefficient (Wildman–Crippen LogP) is 5.31. The topological polar surface area (TPSA) is 98.7 Å². The standard InChI is InChI=1S/C30H33N3O6S/c1-5-39-24-8-6-7-22(18-24)31-29(35)27-19-28(34)33(16-15-20-9-14-25(37-3)26(17-20)38-4)30(40-27)32-21-10-12-23(36-2)13-11-21/h6-14,17-18,27H,5,15-16,19H2,1-4H3,(H,31,35)/t27-/m1/s1. The molecule has 4 rings (SSSR count). The second kappa shape index (κ2) is 13.7. The summed E-state index contributed by atoms with van der Waals surface area (Å²) in [5, 5.41) is 2.74. The molecule has 0 aromatic heterocycles. The number of carbonyl (C=O) groups is 2. The second-order valence-electron chi connectivity index (χ2n) is 8.84. The van der Waals surface area contributed by atoms with E-state index in [1.807, 2.05) is 49.4 Å². The molecule has 1 aliphatic heterocycles. The van der Waals surface area contributed by atoms with E-state index in [0.29, 0.717) is 59.1 Å². The van der Waals surface area contributed by atoms with Crippen molar-refractivity contribution < 1.29 is 28.5 Å². The van der Waals surface area contributed by atoms with Gasteiger partial charge in [-0.1, -0.05) is 23.9 Å². The van der Waals surface area contributed by atoms with Crippen LogP contribution in [0.5, 0.6) is 23.0 Å². The van der Waals surface area contributed by atoms with Gasteiger partial charge in [0.15, 0.2) is 16.7 Å². The number of rotatable bonds is 11. The molecular formula is C30H33N3O6S. The van der Waals surface area contributed by atoms with Crippen molar-refractivity contribution in [1.82, 2.24) is 4.90 Å². The number of ether oxygens (including phenoxy) is 4. The lowest BCUT2D eigenvalue weighted by molar-refractivity contribution is -0.129. The molecule has 0 radical (unpaired) electrons. The van der Waals surface area contributed by atoms with Crippen LogP contribution in [0.3, 0.4) is 0 Å². The molecule has 10 heteroatoms. The van der Waals surface area contributed by atoms with E-state index in [-0.39, 0.29) is 18.2 Å². The molecule has 0 unspecified atom stereocenters. The Hall–Kier alpha value is -4.18. The predicted molar refractivity (Wildman–Crippen MR) is 157 cm³/mol. The number of carbonyl (C=O) groups excluding carboxylic acids is 2. The van der Waals surface area contributed by atoms with Crippen molar-refractivity contribution in [3.63, 3.8) is 0 Å². The van der Waals surface area contributed by atoms with E-state index < -0.39 is 5.25 Å². The molecular weight excluding hydrogens is 530 g/mol. The van der Waals surface area contributed by atoms with Crippen LogP contribution in [-0.2, 0) is 16.0 Å². The van der Waals surface area contributed by atoms with Gasteiger partial charge in [-0.2, -0.15) is 0 Å². The highest BCUT2D eigenvalue weighted by molar-refractivity contribution is 8.15. The van der Waals surface area contributed by atoms with E-state index in [1.54, 1.807) is 50.5 Å². The Balaban J connectivity index is 1.55. The van der Waals surface area contributed by atoms with Crippen LogP contribution in [0.15, 0.2) is 71.7 Å². The van der Waals surface area contributed by atoms with Gasteiger partial charge >= 0.3 is 0 Å². The SMILES string of the molecule is CCOc1cccc(NC(=O)[C@H]2CC(=O)N(CCc3ccc(OC)c(OC)c3)C(=Nc3ccc(OC)cc3)S2)c1. The Morgan fingerprint density at radius 3 is 2.45 bits per heavy atom. The zero-order valence-corrected chi connectivity index (χ0v) is 23.8. The average molecular weight is 564 g/mol. The Bertz CT molecular complexity index is 1360. The molecule has 3 aromatic rings. The summed E-state index contributed by atoms with van der Waals surface area (Å²) in [6.07, 6.45) is 0.616. The third-order valence-corrected chi connectivity index (χ3v) is 7.40. The van der Waals surface area contributed by atoms with Crippen LogP contribution in [0.1, 0.15) is 18.9 Å². The minimum atomic E-state index is -0.641. The van der Waals surface area contributed by atoms with Gasteiger partial charge in [0, 0.05) is 24.7 Å². The molecule has 2 amide bonds. The molecule has 210 valence electrons. The quantitative estimate of drug-likeness (QED) is 0.337. The average Bonchev–Trinajstić information content (AvgIpc) is 2.97. The Morgan fingerprint density at radius 1 is 0.975 bits per heavy atom. The van der Waals surface area contributed by atoms with Gasteiger partial charge < -0.3 is 24.3 Å². The number of methoxy groups -OCH3 is 3. The first kappa shape index (κ1) is 28.8. The molecule has 9 nitrogen and oxygen atoms in total.